The lowest BCUT2D eigenvalue weighted by Gasteiger charge is -2.35. The summed E-state index contributed by atoms with van der Waals surface area (Å²) in [6.07, 6.45) is 3.73. The Labute approximate surface area is 177 Å². The molecule has 0 amide bonds. The molecule has 0 radical (unpaired) electrons. The number of pyridine rings is 1. The van der Waals surface area contributed by atoms with Crippen LogP contribution in [0.1, 0.15) is 47.1 Å². The molecule has 1 aliphatic carbocycles. The van der Waals surface area contributed by atoms with Crippen LogP contribution in [0.25, 0.3) is 10.9 Å². The van der Waals surface area contributed by atoms with Gasteiger partial charge in [0.15, 0.2) is 5.75 Å². The molecule has 7 nitrogen and oxygen atoms in total. The molecule has 3 fully saturated rings. The van der Waals surface area contributed by atoms with Gasteiger partial charge in [-0.25, -0.2) is 4.79 Å². The quantitative estimate of drug-likeness (QED) is 0.782. The van der Waals surface area contributed by atoms with Crippen molar-refractivity contribution in [3.63, 3.8) is 0 Å². The number of rotatable bonds is 5. The largest absolute Gasteiger partial charge is 0.477 e. The number of aromatic nitrogens is 1. The normalized spacial score (nSPS) is 24.6. The van der Waals surface area contributed by atoms with Gasteiger partial charge in [-0.2, -0.15) is 8.78 Å². The molecule has 5 rings (SSSR count). The van der Waals surface area contributed by atoms with Gasteiger partial charge in [0.1, 0.15) is 5.56 Å². The predicted octanol–water partition coefficient (Wildman–Crippen LogP) is 2.74. The zero-order valence-electron chi connectivity index (χ0n) is 17.3. The van der Waals surface area contributed by atoms with Crippen molar-refractivity contribution < 1.29 is 23.4 Å². The monoisotopic (exact) mass is 433 g/mol. The molecule has 2 atom stereocenters. The summed E-state index contributed by atoms with van der Waals surface area (Å²) in [7, 11) is 2.08. The summed E-state index contributed by atoms with van der Waals surface area (Å²) in [5, 5.41) is 9.57. The van der Waals surface area contributed by atoms with Crippen LogP contribution in [-0.2, 0) is 0 Å². The molecule has 1 aromatic heterocycles. The highest BCUT2D eigenvalue weighted by molar-refractivity contribution is 5.95. The standard InChI is InChI=1S/C22H25F2N3O4/c1-25-6-7-26-9-12(8-14(26)10-25)15-4-5-16-18(20(15)31-22(23)24)27(13-2-3-13)11-17(19(16)28)21(29)30/h4-5,11-14,22H,2-3,6-10H2,1H3,(H,29,30). The van der Waals surface area contributed by atoms with Crippen LogP contribution in [0.4, 0.5) is 8.78 Å². The molecule has 0 spiro atoms. The Morgan fingerprint density at radius 1 is 1.19 bits per heavy atom. The maximum atomic E-state index is 13.5. The number of carboxylic acids is 1. The molecule has 166 valence electrons. The van der Waals surface area contributed by atoms with Crippen molar-refractivity contribution in [2.45, 2.75) is 43.9 Å². The third-order valence-electron chi connectivity index (χ3n) is 6.81. The Hall–Kier alpha value is -2.52. The van der Waals surface area contributed by atoms with Crippen molar-refractivity contribution in [2.75, 3.05) is 33.2 Å². The first-order chi connectivity index (χ1) is 14.8. The third kappa shape index (κ3) is 3.59. The molecule has 2 saturated heterocycles. The molecule has 1 N–H and O–H groups in total. The van der Waals surface area contributed by atoms with E-state index in [1.165, 1.54) is 6.20 Å². The molecule has 2 unspecified atom stereocenters. The fraction of sp³-hybridized carbons (Fsp3) is 0.545. The van der Waals surface area contributed by atoms with Gasteiger partial charge in [-0.3, -0.25) is 9.69 Å². The van der Waals surface area contributed by atoms with Crippen LogP contribution in [-0.4, -0.2) is 71.3 Å². The number of piperazine rings is 1. The summed E-state index contributed by atoms with van der Waals surface area (Å²) in [6, 6.07) is 3.61. The van der Waals surface area contributed by atoms with E-state index in [1.807, 2.05) is 0 Å². The first kappa shape index (κ1) is 20.4. The Morgan fingerprint density at radius 3 is 2.65 bits per heavy atom. The molecule has 2 aliphatic heterocycles. The summed E-state index contributed by atoms with van der Waals surface area (Å²) in [5.74, 6) is -1.29. The van der Waals surface area contributed by atoms with E-state index in [2.05, 4.69) is 16.8 Å². The van der Waals surface area contributed by atoms with Gasteiger partial charge < -0.3 is 19.3 Å². The fourth-order valence-electron chi connectivity index (χ4n) is 5.18. The molecule has 2 aromatic rings. The summed E-state index contributed by atoms with van der Waals surface area (Å²) >= 11 is 0. The molecule has 3 aliphatic rings. The maximum Gasteiger partial charge on any atom is 0.387 e. The molecular formula is C22H25F2N3O4. The van der Waals surface area contributed by atoms with Crippen molar-refractivity contribution in [3.8, 4) is 5.75 Å². The van der Waals surface area contributed by atoms with E-state index in [0.29, 0.717) is 11.6 Å². The van der Waals surface area contributed by atoms with Crippen LogP contribution in [0.5, 0.6) is 5.75 Å². The van der Waals surface area contributed by atoms with E-state index in [-0.39, 0.29) is 34.2 Å². The summed E-state index contributed by atoms with van der Waals surface area (Å²) < 4.78 is 33.7. The number of carboxylic acid groups (broad SMARTS) is 1. The van der Waals surface area contributed by atoms with Gasteiger partial charge in [-0.1, -0.05) is 6.07 Å². The highest BCUT2D eigenvalue weighted by Crippen LogP contribution is 2.44. The van der Waals surface area contributed by atoms with E-state index in [0.717, 1.165) is 45.4 Å². The smallest absolute Gasteiger partial charge is 0.387 e. The molecule has 0 bridgehead atoms. The maximum absolute atomic E-state index is 13.5. The number of carbonyl (C=O) groups is 1. The second-order valence-electron chi connectivity index (χ2n) is 8.92. The number of benzene rings is 1. The van der Waals surface area contributed by atoms with Crippen LogP contribution >= 0.6 is 0 Å². The fourth-order valence-corrected chi connectivity index (χ4v) is 5.18. The van der Waals surface area contributed by atoms with Gasteiger partial charge in [0, 0.05) is 55.9 Å². The number of alkyl halides is 2. The predicted molar refractivity (Wildman–Crippen MR) is 110 cm³/mol. The number of halogens is 2. The number of hydrogen-bond acceptors (Lipinski definition) is 5. The number of likely N-dealkylation sites (N-methyl/N-ethyl adjacent to an activating group) is 1. The SMILES string of the molecule is CN1CCN2CC(c3ccc4c(=O)c(C(=O)O)cn(C5CC5)c4c3OC(F)F)CC2C1. The Bertz CT molecular complexity index is 1100. The van der Waals surface area contributed by atoms with Crippen LogP contribution in [0.3, 0.4) is 0 Å². The summed E-state index contributed by atoms with van der Waals surface area (Å²) in [4.78, 5) is 29.1. The lowest BCUT2D eigenvalue weighted by atomic mass is 9.93. The van der Waals surface area contributed by atoms with Gasteiger partial charge in [-0.05, 0) is 32.4 Å². The van der Waals surface area contributed by atoms with Crippen molar-refractivity contribution in [3.05, 3.63) is 39.7 Å². The molecule has 9 heteroatoms. The Balaban J connectivity index is 1.67. The van der Waals surface area contributed by atoms with Crippen LogP contribution < -0.4 is 10.2 Å². The van der Waals surface area contributed by atoms with E-state index in [1.54, 1.807) is 16.7 Å². The summed E-state index contributed by atoms with van der Waals surface area (Å²) in [5.41, 5.74) is -0.0641. The van der Waals surface area contributed by atoms with Crippen molar-refractivity contribution in [2.24, 2.45) is 0 Å². The summed E-state index contributed by atoms with van der Waals surface area (Å²) in [6.45, 7) is 0.557. The minimum atomic E-state index is -3.04. The van der Waals surface area contributed by atoms with Gasteiger partial charge >= 0.3 is 12.6 Å². The average molecular weight is 433 g/mol. The Kier molecular flexibility index (Phi) is 4.97. The first-order valence-corrected chi connectivity index (χ1v) is 10.7. The van der Waals surface area contributed by atoms with E-state index in [9.17, 15) is 23.5 Å². The van der Waals surface area contributed by atoms with E-state index in [4.69, 9.17) is 4.74 Å². The van der Waals surface area contributed by atoms with Crippen LogP contribution in [0.2, 0.25) is 0 Å². The van der Waals surface area contributed by atoms with Crippen LogP contribution in [0, 0.1) is 0 Å². The zero-order valence-corrected chi connectivity index (χ0v) is 17.3. The highest BCUT2D eigenvalue weighted by atomic mass is 19.3. The Morgan fingerprint density at radius 2 is 1.97 bits per heavy atom. The minimum Gasteiger partial charge on any atom is -0.477 e. The number of ether oxygens (including phenoxy) is 1. The van der Waals surface area contributed by atoms with E-state index < -0.39 is 18.0 Å². The van der Waals surface area contributed by atoms with Gasteiger partial charge in [0.2, 0.25) is 5.43 Å². The average Bonchev–Trinajstić information content (AvgIpc) is 3.47. The highest BCUT2D eigenvalue weighted by Gasteiger charge is 2.38. The molecule has 3 heterocycles. The second-order valence-corrected chi connectivity index (χ2v) is 8.92. The number of aromatic carboxylic acids is 1. The number of nitrogens with zero attached hydrogens (tertiary/aromatic N) is 3. The number of fused-ring (bicyclic) bond motifs is 2. The van der Waals surface area contributed by atoms with Crippen LogP contribution in [0.15, 0.2) is 23.1 Å². The van der Waals surface area contributed by atoms with Crippen molar-refractivity contribution in [1.82, 2.24) is 14.4 Å². The lowest BCUT2D eigenvalue weighted by molar-refractivity contribution is -0.0498. The van der Waals surface area contributed by atoms with E-state index >= 15 is 0 Å². The lowest BCUT2D eigenvalue weighted by Crippen LogP contribution is -2.48. The van der Waals surface area contributed by atoms with Crippen molar-refractivity contribution in [1.29, 1.82) is 0 Å². The van der Waals surface area contributed by atoms with Gasteiger partial charge in [-0.15, -0.1) is 0 Å². The zero-order chi connectivity index (χ0) is 21.9. The topological polar surface area (TPSA) is 75.0 Å². The molecule has 31 heavy (non-hydrogen) atoms. The first-order valence-electron chi connectivity index (χ1n) is 10.7. The van der Waals surface area contributed by atoms with Gasteiger partial charge in [0.25, 0.3) is 0 Å². The molecule has 1 aromatic carbocycles. The second kappa shape index (κ2) is 7.56. The minimum absolute atomic E-state index is 0.0107. The van der Waals surface area contributed by atoms with Gasteiger partial charge in [0.05, 0.1) is 10.9 Å². The van der Waals surface area contributed by atoms with Crippen molar-refractivity contribution >= 4 is 16.9 Å². The molecular weight excluding hydrogens is 408 g/mol. The third-order valence-corrected chi connectivity index (χ3v) is 6.81. The molecule has 1 saturated carbocycles. The number of hydrogen-bond donors (Lipinski definition) is 1.